The summed E-state index contributed by atoms with van der Waals surface area (Å²) in [5.74, 6) is 0.476. The zero-order valence-electron chi connectivity index (χ0n) is 13.5. The topological polar surface area (TPSA) is 58.4 Å². The highest BCUT2D eigenvalue weighted by Crippen LogP contribution is 2.32. The smallest absolute Gasteiger partial charge is 0.287 e. The number of nitrogens with one attached hydrogen (secondary N) is 1. The van der Waals surface area contributed by atoms with Crippen molar-refractivity contribution in [1.29, 1.82) is 0 Å². The predicted molar refractivity (Wildman–Crippen MR) is 86.9 cm³/mol. The maximum atomic E-state index is 13.2. The predicted octanol–water partition coefficient (Wildman–Crippen LogP) is 2.69. The summed E-state index contributed by atoms with van der Waals surface area (Å²) in [7, 11) is 0. The van der Waals surface area contributed by atoms with Crippen molar-refractivity contribution in [2.75, 3.05) is 13.1 Å². The van der Waals surface area contributed by atoms with Crippen molar-refractivity contribution in [2.45, 2.75) is 31.8 Å². The first-order valence-corrected chi connectivity index (χ1v) is 8.38. The van der Waals surface area contributed by atoms with Gasteiger partial charge < -0.3 is 9.73 Å². The van der Waals surface area contributed by atoms with E-state index >= 15 is 0 Å². The van der Waals surface area contributed by atoms with E-state index in [9.17, 15) is 9.18 Å². The summed E-state index contributed by atoms with van der Waals surface area (Å²) in [6.45, 7) is 4.41. The number of hydrogen-bond acceptors (Lipinski definition) is 4. The molecule has 5 rings (SSSR count). The second kappa shape index (κ2) is 6.02. The molecule has 3 saturated heterocycles. The lowest BCUT2D eigenvalue weighted by atomic mass is 9.79. The fourth-order valence-electron chi connectivity index (χ4n) is 3.94. The number of hydrogen-bond donors (Lipinski definition) is 1. The number of rotatable bonds is 3. The van der Waals surface area contributed by atoms with Gasteiger partial charge in [-0.25, -0.2) is 4.98 Å². The Labute approximate surface area is 139 Å². The Bertz CT molecular complexity index is 750. The third-order valence-electron chi connectivity index (χ3n) is 5.32. The Morgan fingerprint density at radius 2 is 2.12 bits per heavy atom. The Kier molecular flexibility index (Phi) is 3.84. The van der Waals surface area contributed by atoms with Crippen LogP contribution in [0.4, 0.5) is 4.39 Å². The number of fused-ring (bicyclic) bond motifs is 3. The number of carbonyl (C=O) groups excluding carboxylic acids is 1. The molecule has 3 aliphatic heterocycles. The van der Waals surface area contributed by atoms with Crippen LogP contribution in [0.3, 0.4) is 0 Å². The monoisotopic (exact) mass is 329 g/mol. The SMILES string of the molecule is CC1C(NC(=O)c2ccc(-c3ccnc(F)c3)o2)C2CCN1CC2. The van der Waals surface area contributed by atoms with E-state index in [4.69, 9.17) is 4.42 Å². The largest absolute Gasteiger partial charge is 0.451 e. The second-order valence-corrected chi connectivity index (χ2v) is 6.64. The van der Waals surface area contributed by atoms with E-state index in [0.29, 0.717) is 23.3 Å². The summed E-state index contributed by atoms with van der Waals surface area (Å²) in [5, 5.41) is 3.13. The number of piperidine rings is 3. The minimum absolute atomic E-state index is 0.159. The van der Waals surface area contributed by atoms with Gasteiger partial charge in [-0.3, -0.25) is 9.69 Å². The standard InChI is InChI=1S/C18H20FN3O2/c1-11-17(12-5-8-22(11)9-6-12)21-18(23)15-3-2-14(24-15)13-4-7-20-16(19)10-13/h2-4,7,10-12,17H,5-6,8-9H2,1H3,(H,21,23). The zero-order chi connectivity index (χ0) is 16.7. The first-order chi connectivity index (χ1) is 11.6. The average Bonchev–Trinajstić information content (AvgIpc) is 3.09. The number of carbonyl (C=O) groups is 1. The van der Waals surface area contributed by atoms with Gasteiger partial charge in [0.1, 0.15) is 5.76 Å². The molecule has 24 heavy (non-hydrogen) atoms. The van der Waals surface area contributed by atoms with Crippen LogP contribution < -0.4 is 5.32 Å². The van der Waals surface area contributed by atoms with Crippen molar-refractivity contribution in [1.82, 2.24) is 15.2 Å². The maximum absolute atomic E-state index is 13.2. The van der Waals surface area contributed by atoms with Crippen LogP contribution in [0.25, 0.3) is 11.3 Å². The van der Waals surface area contributed by atoms with Crippen molar-refractivity contribution in [3.63, 3.8) is 0 Å². The van der Waals surface area contributed by atoms with Crippen LogP contribution in [0.5, 0.6) is 0 Å². The van der Waals surface area contributed by atoms with Gasteiger partial charge in [-0.05, 0) is 57.0 Å². The van der Waals surface area contributed by atoms with Gasteiger partial charge in [-0.15, -0.1) is 0 Å². The fraction of sp³-hybridized carbons (Fsp3) is 0.444. The first-order valence-electron chi connectivity index (χ1n) is 8.38. The summed E-state index contributed by atoms with van der Waals surface area (Å²) in [6.07, 6.45) is 3.64. The molecule has 126 valence electrons. The Hall–Kier alpha value is -2.21. The highest BCUT2D eigenvalue weighted by atomic mass is 19.1. The third-order valence-corrected chi connectivity index (χ3v) is 5.32. The lowest BCUT2D eigenvalue weighted by molar-refractivity contribution is 0.0211. The van der Waals surface area contributed by atoms with Crippen LogP contribution in [0, 0.1) is 11.9 Å². The summed E-state index contributed by atoms with van der Waals surface area (Å²) in [6, 6.07) is 6.77. The van der Waals surface area contributed by atoms with Crippen LogP contribution in [0.15, 0.2) is 34.9 Å². The summed E-state index contributed by atoms with van der Waals surface area (Å²) < 4.78 is 18.8. The van der Waals surface area contributed by atoms with Crippen LogP contribution in [0.2, 0.25) is 0 Å². The molecule has 0 aromatic carbocycles. The Morgan fingerprint density at radius 1 is 1.33 bits per heavy atom. The van der Waals surface area contributed by atoms with Crippen molar-refractivity contribution < 1.29 is 13.6 Å². The molecule has 0 spiro atoms. The van der Waals surface area contributed by atoms with Crippen LogP contribution >= 0.6 is 0 Å². The molecule has 1 N–H and O–H groups in total. The molecule has 5 heterocycles. The fourth-order valence-corrected chi connectivity index (χ4v) is 3.94. The highest BCUT2D eigenvalue weighted by molar-refractivity contribution is 5.92. The van der Waals surface area contributed by atoms with E-state index in [1.807, 2.05) is 0 Å². The second-order valence-electron chi connectivity index (χ2n) is 6.64. The molecule has 3 aliphatic rings. The lowest BCUT2D eigenvalue weighted by Gasteiger charge is -2.49. The molecular formula is C18H20FN3O2. The van der Waals surface area contributed by atoms with E-state index in [1.54, 1.807) is 18.2 Å². The minimum Gasteiger partial charge on any atom is -0.451 e. The molecule has 2 aromatic heterocycles. The molecular weight excluding hydrogens is 309 g/mol. The van der Waals surface area contributed by atoms with Gasteiger partial charge >= 0.3 is 0 Å². The number of halogens is 1. The van der Waals surface area contributed by atoms with Gasteiger partial charge in [-0.2, -0.15) is 4.39 Å². The van der Waals surface area contributed by atoms with Gasteiger partial charge in [0, 0.05) is 29.9 Å². The zero-order valence-corrected chi connectivity index (χ0v) is 13.5. The van der Waals surface area contributed by atoms with Crippen molar-refractivity contribution >= 4 is 5.91 Å². The van der Waals surface area contributed by atoms with Crippen molar-refractivity contribution in [3.05, 3.63) is 42.2 Å². The molecule has 0 aliphatic carbocycles. The molecule has 2 atom stereocenters. The van der Waals surface area contributed by atoms with E-state index in [2.05, 4.69) is 22.1 Å². The van der Waals surface area contributed by atoms with Crippen molar-refractivity contribution in [2.24, 2.45) is 5.92 Å². The molecule has 2 aromatic rings. The minimum atomic E-state index is -0.573. The third kappa shape index (κ3) is 2.71. The first kappa shape index (κ1) is 15.3. The number of furan rings is 1. The molecule has 5 nitrogen and oxygen atoms in total. The molecule has 1 amide bonds. The lowest BCUT2D eigenvalue weighted by Crippen LogP contribution is -2.62. The number of amides is 1. The van der Waals surface area contributed by atoms with Gasteiger partial charge in [0.15, 0.2) is 5.76 Å². The average molecular weight is 329 g/mol. The number of aromatic nitrogens is 1. The summed E-state index contributed by atoms with van der Waals surface area (Å²) in [5.41, 5.74) is 0.567. The Balaban J connectivity index is 1.49. The maximum Gasteiger partial charge on any atom is 0.287 e. The van der Waals surface area contributed by atoms with Crippen LogP contribution in [-0.2, 0) is 0 Å². The molecule has 0 radical (unpaired) electrons. The number of pyridine rings is 1. The molecule has 6 heteroatoms. The van der Waals surface area contributed by atoms with E-state index < -0.39 is 5.95 Å². The van der Waals surface area contributed by atoms with Crippen LogP contribution in [-0.4, -0.2) is 41.0 Å². The highest BCUT2D eigenvalue weighted by Gasteiger charge is 2.40. The molecule has 2 unspecified atom stereocenters. The summed E-state index contributed by atoms with van der Waals surface area (Å²) in [4.78, 5) is 18.5. The normalized spacial score (nSPS) is 28.8. The van der Waals surface area contributed by atoms with Gasteiger partial charge in [-0.1, -0.05) is 0 Å². The quantitative estimate of drug-likeness (QED) is 0.880. The van der Waals surface area contributed by atoms with Gasteiger partial charge in [0.25, 0.3) is 5.91 Å². The van der Waals surface area contributed by atoms with E-state index in [1.165, 1.54) is 12.3 Å². The van der Waals surface area contributed by atoms with E-state index in [0.717, 1.165) is 25.9 Å². The molecule has 0 saturated carbocycles. The van der Waals surface area contributed by atoms with Gasteiger partial charge in [0.2, 0.25) is 5.95 Å². The number of nitrogens with zero attached hydrogens (tertiary/aromatic N) is 2. The van der Waals surface area contributed by atoms with E-state index in [-0.39, 0.29) is 17.7 Å². The van der Waals surface area contributed by atoms with Gasteiger partial charge in [0.05, 0.1) is 0 Å². The van der Waals surface area contributed by atoms with Crippen LogP contribution in [0.1, 0.15) is 30.3 Å². The summed E-state index contributed by atoms with van der Waals surface area (Å²) >= 11 is 0. The molecule has 2 bridgehead atoms. The van der Waals surface area contributed by atoms with Crippen molar-refractivity contribution in [3.8, 4) is 11.3 Å². The Morgan fingerprint density at radius 3 is 2.83 bits per heavy atom. The molecule has 3 fully saturated rings.